The fourth-order valence-corrected chi connectivity index (χ4v) is 1.90. The van der Waals surface area contributed by atoms with E-state index in [0.717, 1.165) is 0 Å². The van der Waals surface area contributed by atoms with Crippen molar-refractivity contribution in [3.63, 3.8) is 0 Å². The number of carbonyl (C=O) groups excluding carboxylic acids is 1. The van der Waals surface area contributed by atoms with Crippen molar-refractivity contribution in [1.29, 1.82) is 0 Å². The lowest BCUT2D eigenvalue weighted by atomic mass is 10.3. The summed E-state index contributed by atoms with van der Waals surface area (Å²) in [6.07, 6.45) is 3.45. The van der Waals surface area contributed by atoms with Crippen molar-refractivity contribution in [3.05, 3.63) is 34.2 Å². The predicted octanol–water partition coefficient (Wildman–Crippen LogP) is 1.17. The molecule has 0 fully saturated rings. The van der Waals surface area contributed by atoms with Gasteiger partial charge in [0.2, 0.25) is 5.91 Å². The summed E-state index contributed by atoms with van der Waals surface area (Å²) >= 11 is 11.8. The van der Waals surface area contributed by atoms with E-state index in [1.54, 1.807) is 22.9 Å². The van der Waals surface area contributed by atoms with Crippen LogP contribution in [-0.4, -0.2) is 15.3 Å². The Morgan fingerprint density at radius 1 is 1.50 bits per heavy atom. The lowest BCUT2D eigenvalue weighted by Gasteiger charge is -1.95. The number of hydrogen-bond donors (Lipinski definition) is 2. The first kappa shape index (κ1) is 11.2. The molecule has 1 amide bonds. The van der Waals surface area contributed by atoms with Gasteiger partial charge < -0.3 is 4.40 Å². The smallest absolute Gasteiger partial charge is 0.239 e. The summed E-state index contributed by atoms with van der Waals surface area (Å²) in [6, 6.07) is 1.60. The largest absolute Gasteiger partial charge is 0.304 e. The molecular formula is C9H8Cl2N4O. The van der Waals surface area contributed by atoms with E-state index in [4.69, 9.17) is 29.0 Å². The van der Waals surface area contributed by atoms with Gasteiger partial charge in [-0.25, -0.2) is 10.8 Å². The van der Waals surface area contributed by atoms with Crippen LogP contribution in [-0.2, 0) is 11.2 Å². The van der Waals surface area contributed by atoms with Crippen LogP contribution in [0.25, 0.3) is 5.65 Å². The first-order valence-electron chi connectivity index (χ1n) is 4.42. The Kier molecular flexibility index (Phi) is 3.00. The van der Waals surface area contributed by atoms with Crippen molar-refractivity contribution in [1.82, 2.24) is 14.8 Å². The minimum Gasteiger partial charge on any atom is -0.304 e. The zero-order valence-electron chi connectivity index (χ0n) is 8.08. The summed E-state index contributed by atoms with van der Waals surface area (Å²) in [4.78, 5) is 15.3. The molecule has 0 aromatic carbocycles. The number of fused-ring (bicyclic) bond motifs is 1. The van der Waals surface area contributed by atoms with Crippen molar-refractivity contribution in [2.45, 2.75) is 6.42 Å². The number of nitrogens with one attached hydrogen (secondary N) is 1. The fourth-order valence-electron chi connectivity index (χ4n) is 1.38. The molecule has 2 rings (SSSR count). The first-order valence-corrected chi connectivity index (χ1v) is 5.18. The zero-order valence-corrected chi connectivity index (χ0v) is 9.59. The predicted molar refractivity (Wildman–Crippen MR) is 61.2 cm³/mol. The molecule has 3 N–H and O–H groups in total. The van der Waals surface area contributed by atoms with Gasteiger partial charge in [-0.3, -0.25) is 10.2 Å². The Hall–Kier alpha value is -1.30. The molecule has 2 aromatic heterocycles. The van der Waals surface area contributed by atoms with E-state index in [2.05, 4.69) is 4.98 Å². The number of aromatic nitrogens is 2. The van der Waals surface area contributed by atoms with Crippen LogP contribution >= 0.6 is 23.2 Å². The number of nitrogens with two attached hydrogens (primary N) is 1. The number of halogens is 2. The summed E-state index contributed by atoms with van der Waals surface area (Å²) in [5.74, 6) is 4.67. The molecule has 16 heavy (non-hydrogen) atoms. The van der Waals surface area contributed by atoms with Crippen LogP contribution in [0.4, 0.5) is 0 Å². The summed E-state index contributed by atoms with van der Waals surface area (Å²) in [5, 5.41) is 0.941. The molecule has 7 heteroatoms. The van der Waals surface area contributed by atoms with Gasteiger partial charge in [0, 0.05) is 12.4 Å². The highest BCUT2D eigenvalue weighted by molar-refractivity contribution is 6.36. The number of carbonyl (C=O) groups is 1. The second-order valence-electron chi connectivity index (χ2n) is 3.21. The molecule has 2 aromatic rings. The maximum absolute atomic E-state index is 11.1. The van der Waals surface area contributed by atoms with Gasteiger partial charge in [-0.15, -0.1) is 0 Å². The Morgan fingerprint density at radius 3 is 2.94 bits per heavy atom. The van der Waals surface area contributed by atoms with Gasteiger partial charge in [0.05, 0.1) is 22.2 Å². The van der Waals surface area contributed by atoms with Crippen LogP contribution in [0.3, 0.4) is 0 Å². The van der Waals surface area contributed by atoms with E-state index in [9.17, 15) is 4.79 Å². The average molecular weight is 259 g/mol. The topological polar surface area (TPSA) is 72.4 Å². The molecular weight excluding hydrogens is 251 g/mol. The number of pyridine rings is 1. The molecule has 0 saturated carbocycles. The second kappa shape index (κ2) is 4.29. The van der Waals surface area contributed by atoms with Crippen LogP contribution in [0, 0.1) is 0 Å². The van der Waals surface area contributed by atoms with E-state index >= 15 is 0 Å². The standard InChI is InChI=1S/C9H8Cl2N4O/c10-5-1-7(11)9-13-6(2-8(16)14-12)4-15(9)3-5/h1,3-4H,2,12H2,(H,14,16). The third-order valence-electron chi connectivity index (χ3n) is 2.03. The number of imidazole rings is 1. The maximum Gasteiger partial charge on any atom is 0.239 e. The number of rotatable bonds is 2. The van der Waals surface area contributed by atoms with Crippen molar-refractivity contribution in [2.24, 2.45) is 5.84 Å². The number of hydrogen-bond acceptors (Lipinski definition) is 3. The quantitative estimate of drug-likeness (QED) is 0.483. The van der Waals surface area contributed by atoms with E-state index in [1.807, 2.05) is 5.43 Å². The molecule has 2 heterocycles. The molecule has 0 aliphatic carbocycles. The normalized spacial score (nSPS) is 10.7. The summed E-state index contributed by atoms with van der Waals surface area (Å²) in [5.41, 5.74) is 3.17. The van der Waals surface area contributed by atoms with E-state index in [1.165, 1.54) is 0 Å². The zero-order chi connectivity index (χ0) is 11.7. The molecule has 5 nitrogen and oxygen atoms in total. The van der Waals surface area contributed by atoms with Crippen molar-refractivity contribution >= 4 is 34.8 Å². The monoisotopic (exact) mass is 258 g/mol. The Bertz CT molecular complexity index is 552. The highest BCUT2D eigenvalue weighted by Crippen LogP contribution is 2.21. The molecule has 0 radical (unpaired) electrons. The average Bonchev–Trinajstić information content (AvgIpc) is 2.60. The van der Waals surface area contributed by atoms with Crippen molar-refractivity contribution < 1.29 is 4.79 Å². The van der Waals surface area contributed by atoms with Crippen LogP contribution in [0.1, 0.15) is 5.69 Å². The molecule has 84 valence electrons. The summed E-state index contributed by atoms with van der Waals surface area (Å²) < 4.78 is 1.67. The molecule has 0 aliphatic rings. The highest BCUT2D eigenvalue weighted by Gasteiger charge is 2.09. The SMILES string of the molecule is NNC(=O)Cc1cn2cc(Cl)cc(Cl)c2n1. The van der Waals surface area contributed by atoms with E-state index < -0.39 is 0 Å². The molecule has 0 aliphatic heterocycles. The Balaban J connectivity index is 2.44. The van der Waals surface area contributed by atoms with Gasteiger partial charge >= 0.3 is 0 Å². The highest BCUT2D eigenvalue weighted by atomic mass is 35.5. The molecule has 0 spiro atoms. The summed E-state index contributed by atoms with van der Waals surface area (Å²) in [6.45, 7) is 0. The van der Waals surface area contributed by atoms with Gasteiger partial charge in [0.1, 0.15) is 0 Å². The number of hydrazine groups is 1. The molecule has 0 bridgehead atoms. The van der Waals surface area contributed by atoms with Gasteiger partial charge in [-0.1, -0.05) is 23.2 Å². The van der Waals surface area contributed by atoms with Gasteiger partial charge in [0.15, 0.2) is 5.65 Å². The van der Waals surface area contributed by atoms with E-state index in [-0.39, 0.29) is 12.3 Å². The van der Waals surface area contributed by atoms with Crippen LogP contribution in [0.2, 0.25) is 10.0 Å². The van der Waals surface area contributed by atoms with Crippen LogP contribution in [0.15, 0.2) is 18.5 Å². The second-order valence-corrected chi connectivity index (χ2v) is 4.06. The molecule has 0 unspecified atom stereocenters. The fraction of sp³-hybridized carbons (Fsp3) is 0.111. The number of amides is 1. The summed E-state index contributed by atoms with van der Waals surface area (Å²) in [7, 11) is 0. The Labute approximate surface area is 101 Å². The lowest BCUT2D eigenvalue weighted by molar-refractivity contribution is -0.120. The van der Waals surface area contributed by atoms with Gasteiger partial charge in [-0.2, -0.15) is 0 Å². The van der Waals surface area contributed by atoms with E-state index in [0.29, 0.717) is 21.4 Å². The molecule has 0 atom stereocenters. The van der Waals surface area contributed by atoms with Crippen molar-refractivity contribution in [2.75, 3.05) is 0 Å². The first-order chi connectivity index (χ1) is 7.60. The lowest BCUT2D eigenvalue weighted by Crippen LogP contribution is -2.31. The van der Waals surface area contributed by atoms with Gasteiger partial charge in [0.25, 0.3) is 0 Å². The van der Waals surface area contributed by atoms with Crippen LogP contribution < -0.4 is 11.3 Å². The Morgan fingerprint density at radius 2 is 2.25 bits per heavy atom. The third kappa shape index (κ3) is 2.11. The van der Waals surface area contributed by atoms with Crippen LogP contribution in [0.5, 0.6) is 0 Å². The third-order valence-corrected chi connectivity index (χ3v) is 2.51. The van der Waals surface area contributed by atoms with Gasteiger partial charge in [-0.05, 0) is 6.07 Å². The minimum atomic E-state index is -0.314. The number of nitrogens with zero attached hydrogens (tertiary/aromatic N) is 2. The molecule has 0 saturated heterocycles. The minimum absolute atomic E-state index is 0.103. The maximum atomic E-state index is 11.1. The van der Waals surface area contributed by atoms with Crippen molar-refractivity contribution in [3.8, 4) is 0 Å².